The zero-order valence-electron chi connectivity index (χ0n) is 29.4. The van der Waals surface area contributed by atoms with E-state index in [1.54, 1.807) is 0 Å². The zero-order valence-corrected chi connectivity index (χ0v) is 36.0. The molecular formula is C36H56Cl2Si2Ti2-2. The fourth-order valence-corrected chi connectivity index (χ4v) is 3.85. The normalized spacial score (nSPS) is 22.4. The molecule has 6 heteroatoms. The number of halogens is 2. The Kier molecular flexibility index (Phi) is 31.2. The summed E-state index contributed by atoms with van der Waals surface area (Å²) in [7, 11) is 0. The molecule has 4 rings (SSSR count). The maximum Gasteiger partial charge on any atom is -1.00 e. The second-order valence-corrected chi connectivity index (χ2v) is 25.1. The number of hydrogen-bond acceptors (Lipinski definition) is 0. The predicted molar refractivity (Wildman–Crippen MR) is 176 cm³/mol. The van der Waals surface area contributed by atoms with Crippen LogP contribution in [0.15, 0.2) is 68.9 Å². The smallest absolute Gasteiger partial charge is 1.00 e. The molecule has 0 saturated heterocycles. The number of rotatable bonds is 0. The minimum Gasteiger partial charge on any atom is -1.00 e. The molecule has 0 N–H and O–H groups in total. The van der Waals surface area contributed by atoms with Crippen molar-refractivity contribution < 1.29 is 63.2 Å². The van der Waals surface area contributed by atoms with E-state index in [0.717, 1.165) is 0 Å². The van der Waals surface area contributed by atoms with Gasteiger partial charge in [0.15, 0.2) is 0 Å². The molecule has 0 bridgehead atoms. The summed E-state index contributed by atoms with van der Waals surface area (Å²) in [4.78, 5) is 0. The van der Waals surface area contributed by atoms with Crippen LogP contribution < -0.4 is 24.8 Å². The summed E-state index contributed by atoms with van der Waals surface area (Å²) in [6.45, 7) is 34.7. The fourth-order valence-electron chi connectivity index (χ4n) is 3.85. The van der Waals surface area contributed by atoms with E-state index in [2.05, 4.69) is 196 Å². The Labute approximate surface area is 299 Å². The van der Waals surface area contributed by atoms with E-state index in [1.807, 2.05) is 0 Å². The average Bonchev–Trinajstić information content (AvgIpc) is 3.44. The van der Waals surface area contributed by atoms with Crippen LogP contribution in [0.1, 0.15) is 83.1 Å². The minimum absolute atomic E-state index is 0. The van der Waals surface area contributed by atoms with Gasteiger partial charge in [-0.25, -0.2) is 46.6 Å². The summed E-state index contributed by atoms with van der Waals surface area (Å²) in [5.74, 6) is 2.26. The zero-order chi connectivity index (χ0) is 31.7. The van der Waals surface area contributed by atoms with Gasteiger partial charge in [0, 0.05) is 0 Å². The van der Waals surface area contributed by atoms with E-state index in [-0.39, 0.29) is 37.2 Å². The van der Waals surface area contributed by atoms with E-state index in [0.29, 0.717) is 23.7 Å². The van der Waals surface area contributed by atoms with Gasteiger partial charge in [-0.3, -0.25) is 24.3 Å². The first kappa shape index (κ1) is 49.2. The first-order valence-electron chi connectivity index (χ1n) is 14.4. The van der Waals surface area contributed by atoms with Gasteiger partial charge in [-0.15, -0.1) is 0 Å². The van der Waals surface area contributed by atoms with Gasteiger partial charge in [0.05, 0.1) is 0 Å². The van der Waals surface area contributed by atoms with Crippen LogP contribution in [0, 0.1) is 48.0 Å². The molecule has 0 fully saturated rings. The van der Waals surface area contributed by atoms with E-state index in [9.17, 15) is 0 Å². The van der Waals surface area contributed by atoms with Crippen LogP contribution in [0.5, 0.6) is 0 Å². The third-order valence-corrected chi connectivity index (χ3v) is 6.29. The molecule has 4 unspecified atom stereocenters. The molecule has 42 heavy (non-hydrogen) atoms. The molecule has 0 amide bonds. The topological polar surface area (TPSA) is 0 Å². The van der Waals surface area contributed by atoms with E-state index >= 15 is 0 Å². The van der Waals surface area contributed by atoms with Gasteiger partial charge in [0.2, 0.25) is 0 Å². The molecule has 0 spiro atoms. The van der Waals surface area contributed by atoms with Crippen molar-refractivity contribution in [2.45, 2.75) is 109 Å². The van der Waals surface area contributed by atoms with Gasteiger partial charge in [0.1, 0.15) is 0 Å². The van der Waals surface area contributed by atoms with Crippen LogP contribution in [0.2, 0.25) is 26.2 Å². The number of hydrogen-bond donors (Lipinski definition) is 0. The monoisotopic (exact) mass is 710 g/mol. The van der Waals surface area contributed by atoms with Gasteiger partial charge in [0.25, 0.3) is 0 Å². The quantitative estimate of drug-likeness (QED) is 0.248. The van der Waals surface area contributed by atoms with Crippen molar-refractivity contribution >= 4 is 12.4 Å². The standard InChI is InChI=1S/4C8H11.2C2H6Si.2ClH.2Ti/c4*1-6-4-7(2)8(3)5-6;2*1-3-2;;;;/h4*4,8H,1-3H3;2*1-2H3;2*1H;;/q4*-1;;;;;2*+2/p-2. The van der Waals surface area contributed by atoms with Crippen molar-refractivity contribution in [3.63, 3.8) is 0 Å². The predicted octanol–water partition coefficient (Wildman–Crippen LogP) is 4.90. The van der Waals surface area contributed by atoms with Gasteiger partial charge >= 0.3 is 76.9 Å². The third-order valence-electron chi connectivity index (χ3n) is 6.29. The molecule has 0 aliphatic heterocycles. The number of allylic oxidation sites excluding steroid dienone is 16. The SMILES string of the molecule is CC1=[C-]C(C)C(C)=C1.CC1=[C-]C(C)C(C)=C1.CC1=[C-]C(C)C(C)=C1.CC1=[C-]C(C)C(C)=C1.C[Si](C)=[Ti+2].C[Si](C)=[Ti+2].[Cl-].[Cl-]. The second kappa shape index (κ2) is 26.6. The summed E-state index contributed by atoms with van der Waals surface area (Å²) in [6, 6.07) is 0. The fraction of sp³-hybridized carbons (Fsp3) is 0.556. The van der Waals surface area contributed by atoms with E-state index in [4.69, 9.17) is 0 Å². The molecule has 0 heterocycles. The van der Waals surface area contributed by atoms with Crippen LogP contribution in [0.3, 0.4) is 0 Å². The molecule has 4 atom stereocenters. The van der Waals surface area contributed by atoms with Crippen LogP contribution in [-0.4, -0.2) is 12.4 Å². The Morgan fingerprint density at radius 2 is 0.548 bits per heavy atom. The molecule has 4 aliphatic carbocycles. The van der Waals surface area contributed by atoms with Crippen molar-refractivity contribution in [3.8, 4) is 0 Å². The van der Waals surface area contributed by atoms with Crippen molar-refractivity contribution in [2.75, 3.05) is 0 Å². The molecule has 0 saturated carbocycles. The van der Waals surface area contributed by atoms with E-state index < -0.39 is 0 Å². The Balaban J connectivity index is -0.000000209. The molecule has 0 radical (unpaired) electrons. The molecule has 232 valence electrons. The van der Waals surface area contributed by atoms with Crippen molar-refractivity contribution in [1.29, 1.82) is 0 Å². The average molecular weight is 712 g/mol. The van der Waals surface area contributed by atoms with Crippen molar-refractivity contribution in [2.24, 2.45) is 23.7 Å². The summed E-state index contributed by atoms with van der Waals surface area (Å²) in [5, 5.41) is 0. The molecule has 4 aliphatic rings. The summed E-state index contributed by atoms with van der Waals surface area (Å²) >= 11 is 4.54. The minimum atomic E-state index is 0. The van der Waals surface area contributed by atoms with Crippen molar-refractivity contribution in [3.05, 3.63) is 93.2 Å². The summed E-state index contributed by atoms with van der Waals surface area (Å²) in [5.41, 5.74) is 10.9. The van der Waals surface area contributed by atoms with Gasteiger partial charge in [-0.2, -0.15) is 22.3 Å². The van der Waals surface area contributed by atoms with Gasteiger partial charge < -0.3 is 24.8 Å². The Hall–Kier alpha value is 0.362. The first-order chi connectivity index (χ1) is 18.3. The maximum atomic E-state index is 3.29. The second-order valence-electron chi connectivity index (χ2n) is 11.7. The molecule has 0 aromatic heterocycles. The molecule has 0 nitrogen and oxygen atoms in total. The third kappa shape index (κ3) is 26.7. The summed E-state index contributed by atoms with van der Waals surface area (Å²) in [6.07, 6.45) is 22.1. The molecule has 0 aromatic carbocycles. The Morgan fingerprint density at radius 3 is 0.571 bits per heavy atom. The maximum absolute atomic E-state index is 3.29. The van der Waals surface area contributed by atoms with Crippen LogP contribution in [0.25, 0.3) is 0 Å². The first-order valence-corrected chi connectivity index (χ1v) is 24.1. The van der Waals surface area contributed by atoms with Crippen LogP contribution in [-0.2, 0) is 38.3 Å². The Bertz CT molecular complexity index is 943. The van der Waals surface area contributed by atoms with Gasteiger partial charge in [-0.05, 0) is 0 Å². The molecular weight excluding hydrogens is 655 g/mol. The summed E-state index contributed by atoms with van der Waals surface area (Å²) < 4.78 is 0. The van der Waals surface area contributed by atoms with Crippen LogP contribution in [0.4, 0.5) is 0 Å². The largest absolute Gasteiger partial charge is 1.00 e. The van der Waals surface area contributed by atoms with Crippen LogP contribution >= 0.6 is 0 Å². The van der Waals surface area contributed by atoms with Crippen molar-refractivity contribution in [1.82, 2.24) is 0 Å². The molecule has 0 aromatic rings. The van der Waals surface area contributed by atoms with Gasteiger partial charge in [-0.1, -0.05) is 107 Å². The van der Waals surface area contributed by atoms with E-state index in [1.165, 1.54) is 44.6 Å². The Morgan fingerprint density at radius 1 is 0.429 bits per heavy atom.